The topological polar surface area (TPSA) is 29.4 Å². The van der Waals surface area contributed by atoms with Crippen LogP contribution in [0.15, 0.2) is 18.3 Å². The van der Waals surface area contributed by atoms with Crippen molar-refractivity contribution < 1.29 is 4.74 Å². The van der Waals surface area contributed by atoms with Crippen LogP contribution in [0.5, 0.6) is 0 Å². The third-order valence-corrected chi connectivity index (χ3v) is 3.56. The first-order chi connectivity index (χ1) is 8.70. The molecule has 0 bridgehead atoms. The second-order valence-corrected chi connectivity index (χ2v) is 5.12. The lowest BCUT2D eigenvalue weighted by molar-refractivity contribution is -0.0278. The van der Waals surface area contributed by atoms with E-state index in [0.717, 1.165) is 32.8 Å². The molecule has 1 aromatic heterocycles. The average Bonchev–Trinajstić information content (AvgIpc) is 2.77. The van der Waals surface area contributed by atoms with E-state index < -0.39 is 0 Å². The number of aromatic nitrogens is 1. The van der Waals surface area contributed by atoms with Crippen LogP contribution in [0.25, 0.3) is 0 Å². The van der Waals surface area contributed by atoms with E-state index in [-0.39, 0.29) is 0 Å². The summed E-state index contributed by atoms with van der Waals surface area (Å²) in [5.74, 6) is 0. The Balaban J connectivity index is 1.98. The van der Waals surface area contributed by atoms with Crippen LogP contribution in [0.4, 0.5) is 0 Å². The van der Waals surface area contributed by atoms with E-state index in [2.05, 4.69) is 54.0 Å². The van der Waals surface area contributed by atoms with Gasteiger partial charge in [0.1, 0.15) is 0 Å². The normalized spacial score (nSPS) is 23.2. The van der Waals surface area contributed by atoms with E-state index in [1.54, 1.807) is 0 Å². The molecule has 2 unspecified atom stereocenters. The lowest BCUT2D eigenvalue weighted by Gasteiger charge is -2.31. The van der Waals surface area contributed by atoms with Crippen LogP contribution >= 0.6 is 0 Å². The Morgan fingerprint density at radius 1 is 1.56 bits per heavy atom. The summed E-state index contributed by atoms with van der Waals surface area (Å²) in [5, 5.41) is 3.46. The molecule has 0 aliphatic carbocycles. The molecule has 2 atom stereocenters. The van der Waals surface area contributed by atoms with Crippen molar-refractivity contribution in [3.05, 3.63) is 24.0 Å². The van der Waals surface area contributed by atoms with E-state index in [0.29, 0.717) is 12.1 Å². The molecule has 1 aliphatic rings. The van der Waals surface area contributed by atoms with Gasteiger partial charge in [0.15, 0.2) is 0 Å². The molecule has 2 heterocycles. The average molecular weight is 251 g/mol. The quantitative estimate of drug-likeness (QED) is 0.860. The highest BCUT2D eigenvalue weighted by Crippen LogP contribution is 2.15. The van der Waals surface area contributed by atoms with Crippen LogP contribution in [-0.2, 0) is 11.3 Å². The van der Waals surface area contributed by atoms with Gasteiger partial charge in [-0.15, -0.1) is 0 Å². The first-order valence-electron chi connectivity index (χ1n) is 6.89. The highest BCUT2D eigenvalue weighted by atomic mass is 16.5. The maximum absolute atomic E-state index is 5.83. The first kappa shape index (κ1) is 13.6. The Morgan fingerprint density at radius 2 is 2.39 bits per heavy atom. The van der Waals surface area contributed by atoms with Gasteiger partial charge in [-0.2, -0.15) is 0 Å². The Kier molecular flexibility index (Phi) is 4.80. The minimum absolute atomic E-state index is 0.309. The van der Waals surface area contributed by atoms with Gasteiger partial charge in [-0.25, -0.2) is 0 Å². The summed E-state index contributed by atoms with van der Waals surface area (Å²) in [6, 6.07) is 4.71. The first-order valence-corrected chi connectivity index (χ1v) is 6.89. The predicted octanol–water partition coefficient (Wildman–Crippen LogP) is 1.49. The molecule has 4 nitrogen and oxygen atoms in total. The summed E-state index contributed by atoms with van der Waals surface area (Å²) >= 11 is 0. The van der Waals surface area contributed by atoms with Crippen LogP contribution in [-0.4, -0.2) is 48.9 Å². The molecule has 1 N–H and O–H groups in total. The summed E-state index contributed by atoms with van der Waals surface area (Å²) in [7, 11) is 2.16. The van der Waals surface area contributed by atoms with Crippen LogP contribution in [0.3, 0.4) is 0 Å². The maximum Gasteiger partial charge on any atom is 0.0880 e. The largest absolute Gasteiger partial charge is 0.374 e. The molecule has 2 rings (SSSR count). The summed E-state index contributed by atoms with van der Waals surface area (Å²) in [6.45, 7) is 9.21. The molecular formula is C14H25N3O. The zero-order valence-corrected chi connectivity index (χ0v) is 11.7. The SMILES string of the molecule is CCNC(C)c1cccn1CC1CN(C)CCO1. The van der Waals surface area contributed by atoms with Crippen LogP contribution < -0.4 is 5.32 Å². The molecule has 1 fully saturated rings. The fourth-order valence-corrected chi connectivity index (χ4v) is 2.59. The highest BCUT2D eigenvalue weighted by Gasteiger charge is 2.19. The molecule has 0 spiro atoms. The molecule has 0 radical (unpaired) electrons. The number of nitrogens with zero attached hydrogens (tertiary/aromatic N) is 2. The minimum atomic E-state index is 0.309. The third kappa shape index (κ3) is 3.34. The molecular weight excluding hydrogens is 226 g/mol. The van der Waals surface area contributed by atoms with Gasteiger partial charge in [0.05, 0.1) is 12.7 Å². The number of hydrogen-bond acceptors (Lipinski definition) is 3. The molecule has 0 aromatic carbocycles. The van der Waals surface area contributed by atoms with Crippen molar-refractivity contribution in [2.75, 3.05) is 33.3 Å². The zero-order chi connectivity index (χ0) is 13.0. The predicted molar refractivity (Wildman–Crippen MR) is 73.8 cm³/mol. The maximum atomic E-state index is 5.83. The molecule has 1 aromatic rings. The third-order valence-electron chi connectivity index (χ3n) is 3.56. The van der Waals surface area contributed by atoms with Gasteiger partial charge >= 0.3 is 0 Å². The van der Waals surface area contributed by atoms with Gasteiger partial charge < -0.3 is 19.5 Å². The fraction of sp³-hybridized carbons (Fsp3) is 0.714. The summed E-state index contributed by atoms with van der Waals surface area (Å²) in [6.07, 6.45) is 2.46. The van der Waals surface area contributed by atoms with Crippen LogP contribution in [0.1, 0.15) is 25.6 Å². The molecule has 0 saturated carbocycles. The number of nitrogens with one attached hydrogen (secondary N) is 1. The lowest BCUT2D eigenvalue weighted by Crippen LogP contribution is -2.42. The van der Waals surface area contributed by atoms with Gasteiger partial charge in [0, 0.05) is 37.6 Å². The molecule has 18 heavy (non-hydrogen) atoms. The number of hydrogen-bond donors (Lipinski definition) is 1. The van der Waals surface area contributed by atoms with Crippen molar-refractivity contribution in [1.29, 1.82) is 0 Å². The van der Waals surface area contributed by atoms with Gasteiger partial charge in [-0.1, -0.05) is 6.92 Å². The number of rotatable bonds is 5. The Labute approximate surface area is 110 Å². The summed E-state index contributed by atoms with van der Waals surface area (Å²) in [4.78, 5) is 2.34. The van der Waals surface area contributed by atoms with Crippen molar-refractivity contribution >= 4 is 0 Å². The molecule has 1 saturated heterocycles. The van der Waals surface area contributed by atoms with Crippen LogP contribution in [0.2, 0.25) is 0 Å². The number of likely N-dealkylation sites (N-methyl/N-ethyl adjacent to an activating group) is 1. The van der Waals surface area contributed by atoms with Crippen molar-refractivity contribution in [3.8, 4) is 0 Å². The van der Waals surface area contributed by atoms with Gasteiger partial charge in [-0.05, 0) is 32.6 Å². The molecule has 4 heteroatoms. The second-order valence-electron chi connectivity index (χ2n) is 5.12. The Hall–Kier alpha value is -0.840. The summed E-state index contributed by atoms with van der Waals surface area (Å²) < 4.78 is 8.15. The minimum Gasteiger partial charge on any atom is -0.374 e. The molecule has 1 aliphatic heterocycles. The monoisotopic (exact) mass is 251 g/mol. The van der Waals surface area contributed by atoms with E-state index in [9.17, 15) is 0 Å². The van der Waals surface area contributed by atoms with E-state index in [4.69, 9.17) is 4.74 Å². The Morgan fingerprint density at radius 3 is 3.11 bits per heavy atom. The van der Waals surface area contributed by atoms with Gasteiger partial charge in [0.2, 0.25) is 0 Å². The Bertz CT molecular complexity index is 364. The standard InChI is InChI=1S/C14H25N3O/c1-4-15-12(2)14-6-5-7-17(14)11-13-10-16(3)8-9-18-13/h5-7,12-13,15H,4,8-11H2,1-3H3. The molecule has 102 valence electrons. The zero-order valence-electron chi connectivity index (χ0n) is 11.7. The van der Waals surface area contributed by atoms with E-state index in [1.165, 1.54) is 5.69 Å². The van der Waals surface area contributed by atoms with Crippen molar-refractivity contribution in [2.24, 2.45) is 0 Å². The smallest absolute Gasteiger partial charge is 0.0880 e. The van der Waals surface area contributed by atoms with E-state index in [1.807, 2.05) is 0 Å². The van der Waals surface area contributed by atoms with Crippen molar-refractivity contribution in [1.82, 2.24) is 14.8 Å². The highest BCUT2D eigenvalue weighted by molar-refractivity contribution is 5.11. The van der Waals surface area contributed by atoms with Gasteiger partial charge in [0.25, 0.3) is 0 Å². The van der Waals surface area contributed by atoms with Crippen LogP contribution in [0, 0.1) is 0 Å². The van der Waals surface area contributed by atoms with Crippen molar-refractivity contribution in [3.63, 3.8) is 0 Å². The lowest BCUT2D eigenvalue weighted by atomic mass is 10.2. The van der Waals surface area contributed by atoms with E-state index >= 15 is 0 Å². The van der Waals surface area contributed by atoms with Gasteiger partial charge in [-0.3, -0.25) is 0 Å². The summed E-state index contributed by atoms with van der Waals surface area (Å²) in [5.41, 5.74) is 1.34. The van der Waals surface area contributed by atoms with Crippen molar-refractivity contribution in [2.45, 2.75) is 32.5 Å². The number of morpholine rings is 1. The fourth-order valence-electron chi connectivity index (χ4n) is 2.59. The second kappa shape index (κ2) is 6.36. The molecule has 0 amide bonds. The number of ether oxygens (including phenoxy) is 1.